The molecule has 8 heteroatoms. The first-order valence-corrected chi connectivity index (χ1v) is 9.85. The fraction of sp³-hybridized carbons (Fsp3) is 0.381. The van der Waals surface area contributed by atoms with Crippen LogP contribution in [0.5, 0.6) is 5.75 Å². The minimum Gasteiger partial charge on any atom is -0.483 e. The Bertz CT molecular complexity index is 894. The molecule has 1 aliphatic heterocycles. The lowest BCUT2D eigenvalue weighted by atomic mass is 10.1. The van der Waals surface area contributed by atoms with E-state index in [9.17, 15) is 14.9 Å². The number of benzene rings is 2. The molecule has 154 valence electrons. The van der Waals surface area contributed by atoms with Crippen LogP contribution in [0.4, 0.5) is 5.69 Å². The van der Waals surface area contributed by atoms with Crippen LogP contribution in [0, 0.1) is 24.0 Å². The van der Waals surface area contributed by atoms with Crippen LogP contribution in [0.3, 0.4) is 0 Å². The van der Waals surface area contributed by atoms with Crippen LogP contribution in [0.2, 0.25) is 5.02 Å². The van der Waals surface area contributed by atoms with Gasteiger partial charge in [-0.1, -0.05) is 23.7 Å². The lowest BCUT2D eigenvalue weighted by Crippen LogP contribution is -2.49. The Morgan fingerprint density at radius 2 is 1.76 bits per heavy atom. The first kappa shape index (κ1) is 21.1. The van der Waals surface area contributed by atoms with E-state index >= 15 is 0 Å². The molecule has 0 bridgehead atoms. The van der Waals surface area contributed by atoms with Gasteiger partial charge in [0.25, 0.3) is 11.6 Å². The summed E-state index contributed by atoms with van der Waals surface area (Å²) in [7, 11) is 0. The van der Waals surface area contributed by atoms with E-state index < -0.39 is 4.92 Å². The van der Waals surface area contributed by atoms with Gasteiger partial charge in [0.05, 0.1) is 10.5 Å². The fourth-order valence-corrected chi connectivity index (χ4v) is 3.59. The van der Waals surface area contributed by atoms with Crippen molar-refractivity contribution in [2.45, 2.75) is 20.4 Å². The number of nitro benzene ring substituents is 1. The molecule has 2 aromatic rings. The van der Waals surface area contributed by atoms with Crippen LogP contribution in [0.25, 0.3) is 0 Å². The molecule has 29 heavy (non-hydrogen) atoms. The molecule has 1 saturated heterocycles. The quantitative estimate of drug-likeness (QED) is 0.530. The highest BCUT2D eigenvalue weighted by molar-refractivity contribution is 6.30. The normalized spacial score (nSPS) is 14.7. The molecule has 1 amide bonds. The number of rotatable bonds is 6. The topological polar surface area (TPSA) is 75.9 Å². The molecule has 1 fully saturated rings. The Kier molecular flexibility index (Phi) is 6.71. The average Bonchev–Trinajstić information content (AvgIpc) is 2.69. The zero-order valence-electron chi connectivity index (χ0n) is 16.6. The van der Waals surface area contributed by atoms with E-state index in [0.29, 0.717) is 24.4 Å². The maximum Gasteiger partial charge on any atom is 0.276 e. The molecule has 0 unspecified atom stereocenters. The second-order valence-corrected chi connectivity index (χ2v) is 7.62. The largest absolute Gasteiger partial charge is 0.483 e. The number of hydrogen-bond donors (Lipinski definition) is 0. The highest BCUT2D eigenvalue weighted by Crippen LogP contribution is 2.30. The summed E-state index contributed by atoms with van der Waals surface area (Å²) in [5.41, 5.74) is 2.40. The Hall–Kier alpha value is -2.64. The van der Waals surface area contributed by atoms with Crippen molar-refractivity contribution in [2.75, 3.05) is 32.8 Å². The summed E-state index contributed by atoms with van der Waals surface area (Å²) in [4.78, 5) is 27.3. The average molecular weight is 418 g/mol. The number of nitro groups is 1. The van der Waals surface area contributed by atoms with E-state index in [2.05, 4.69) is 4.90 Å². The van der Waals surface area contributed by atoms with E-state index in [-0.39, 0.29) is 18.2 Å². The van der Waals surface area contributed by atoms with E-state index in [4.69, 9.17) is 16.3 Å². The van der Waals surface area contributed by atoms with Gasteiger partial charge in [-0.05, 0) is 43.2 Å². The van der Waals surface area contributed by atoms with Crippen molar-refractivity contribution in [3.63, 3.8) is 0 Å². The van der Waals surface area contributed by atoms with Gasteiger partial charge in [-0.25, -0.2) is 0 Å². The molecule has 0 atom stereocenters. The molecule has 1 heterocycles. The van der Waals surface area contributed by atoms with Crippen molar-refractivity contribution in [2.24, 2.45) is 0 Å². The van der Waals surface area contributed by atoms with Crippen molar-refractivity contribution < 1.29 is 14.5 Å². The highest BCUT2D eigenvalue weighted by atomic mass is 35.5. The number of carbonyl (C=O) groups is 1. The van der Waals surface area contributed by atoms with Crippen LogP contribution in [-0.2, 0) is 11.3 Å². The zero-order chi connectivity index (χ0) is 21.0. The van der Waals surface area contributed by atoms with Gasteiger partial charge in [0, 0.05) is 43.8 Å². The summed E-state index contributed by atoms with van der Waals surface area (Å²) >= 11 is 5.92. The van der Waals surface area contributed by atoms with Gasteiger partial charge < -0.3 is 9.64 Å². The predicted octanol–water partition coefficient (Wildman–Crippen LogP) is 3.59. The SMILES string of the molecule is Cc1ccc([N+](=O)[O-])c(C)c1OCC(=O)N1CCN(Cc2ccc(Cl)cc2)CC1. The molecule has 2 aromatic carbocycles. The minimum atomic E-state index is -0.441. The number of amides is 1. The summed E-state index contributed by atoms with van der Waals surface area (Å²) in [6, 6.07) is 10.9. The molecule has 1 aliphatic rings. The molecule has 3 rings (SSSR count). The Morgan fingerprint density at radius 3 is 2.38 bits per heavy atom. The molecule has 0 aromatic heterocycles. The van der Waals surface area contributed by atoms with Crippen LogP contribution in [-0.4, -0.2) is 53.4 Å². The molecular weight excluding hydrogens is 394 g/mol. The molecule has 0 N–H and O–H groups in total. The molecule has 0 radical (unpaired) electrons. The van der Waals surface area contributed by atoms with Gasteiger partial charge in [0.1, 0.15) is 5.75 Å². The van der Waals surface area contributed by atoms with Crippen LogP contribution in [0.1, 0.15) is 16.7 Å². The van der Waals surface area contributed by atoms with Crippen molar-refractivity contribution in [3.8, 4) is 5.75 Å². The van der Waals surface area contributed by atoms with Gasteiger partial charge in [0.15, 0.2) is 6.61 Å². The molecule has 0 saturated carbocycles. The van der Waals surface area contributed by atoms with Crippen molar-refractivity contribution in [1.82, 2.24) is 9.80 Å². The first-order valence-electron chi connectivity index (χ1n) is 9.47. The number of ether oxygens (including phenoxy) is 1. The van der Waals surface area contributed by atoms with Gasteiger partial charge >= 0.3 is 0 Å². The third-order valence-corrected chi connectivity index (χ3v) is 5.41. The van der Waals surface area contributed by atoms with Crippen molar-refractivity contribution in [1.29, 1.82) is 0 Å². The number of halogens is 1. The summed E-state index contributed by atoms with van der Waals surface area (Å²) in [6.45, 7) is 6.96. The highest BCUT2D eigenvalue weighted by Gasteiger charge is 2.23. The van der Waals surface area contributed by atoms with Crippen molar-refractivity contribution in [3.05, 3.63) is 68.2 Å². The van der Waals surface area contributed by atoms with Crippen LogP contribution >= 0.6 is 11.6 Å². The lowest BCUT2D eigenvalue weighted by Gasteiger charge is -2.34. The van der Waals surface area contributed by atoms with E-state index in [1.807, 2.05) is 31.2 Å². The van der Waals surface area contributed by atoms with Crippen LogP contribution < -0.4 is 4.74 Å². The fourth-order valence-electron chi connectivity index (χ4n) is 3.47. The number of hydrogen-bond acceptors (Lipinski definition) is 5. The third-order valence-electron chi connectivity index (χ3n) is 5.16. The second-order valence-electron chi connectivity index (χ2n) is 7.18. The lowest BCUT2D eigenvalue weighted by molar-refractivity contribution is -0.385. The zero-order valence-corrected chi connectivity index (χ0v) is 17.3. The first-order chi connectivity index (χ1) is 13.8. The molecule has 7 nitrogen and oxygen atoms in total. The van der Waals surface area contributed by atoms with Crippen molar-refractivity contribution >= 4 is 23.2 Å². The maximum atomic E-state index is 12.5. The van der Waals surface area contributed by atoms with Crippen LogP contribution in [0.15, 0.2) is 36.4 Å². The Labute approximate surface area is 175 Å². The summed E-state index contributed by atoms with van der Waals surface area (Å²) < 4.78 is 5.69. The standard InChI is InChI=1S/C21H24ClN3O4/c1-15-3-8-19(25(27)28)16(2)21(15)29-14-20(26)24-11-9-23(10-12-24)13-17-4-6-18(22)7-5-17/h3-8H,9-14H2,1-2H3. The molecular formula is C21H24ClN3O4. The van der Waals surface area contributed by atoms with E-state index in [0.717, 1.165) is 30.2 Å². The van der Waals surface area contributed by atoms with Gasteiger partial charge in [-0.3, -0.25) is 19.8 Å². The minimum absolute atomic E-state index is 0.00568. The molecule has 0 aliphatic carbocycles. The number of nitrogens with zero attached hydrogens (tertiary/aromatic N) is 3. The monoisotopic (exact) mass is 417 g/mol. The Balaban J connectivity index is 1.52. The second kappa shape index (κ2) is 9.24. The summed E-state index contributed by atoms with van der Waals surface area (Å²) in [5.74, 6) is 0.301. The van der Waals surface area contributed by atoms with E-state index in [1.54, 1.807) is 17.9 Å². The molecule has 0 spiro atoms. The van der Waals surface area contributed by atoms with Gasteiger partial charge in [-0.2, -0.15) is 0 Å². The number of piperazine rings is 1. The number of carbonyl (C=O) groups excluding carboxylic acids is 1. The Morgan fingerprint density at radius 1 is 1.10 bits per heavy atom. The third kappa shape index (κ3) is 5.25. The predicted molar refractivity (Wildman–Crippen MR) is 111 cm³/mol. The maximum absolute atomic E-state index is 12.5. The number of aryl methyl sites for hydroxylation is 1. The van der Waals surface area contributed by atoms with Gasteiger partial charge in [0.2, 0.25) is 0 Å². The summed E-state index contributed by atoms with van der Waals surface area (Å²) in [5, 5.41) is 11.8. The van der Waals surface area contributed by atoms with Gasteiger partial charge in [-0.15, -0.1) is 0 Å². The summed E-state index contributed by atoms with van der Waals surface area (Å²) in [6.07, 6.45) is 0. The smallest absolute Gasteiger partial charge is 0.276 e. The van der Waals surface area contributed by atoms with E-state index in [1.165, 1.54) is 11.6 Å².